The lowest BCUT2D eigenvalue weighted by molar-refractivity contribution is 1.14. The lowest BCUT2D eigenvalue weighted by Gasteiger charge is -2.21. The molecule has 4 aromatic rings. The van der Waals surface area contributed by atoms with E-state index in [1.807, 2.05) is 0 Å². The monoisotopic (exact) mass is 314 g/mol. The Bertz CT molecular complexity index is 975. The molecular weight excluding hydrogens is 292 g/mol. The Morgan fingerprint density at radius 2 is 0.792 bits per heavy atom. The first kappa shape index (κ1) is 14.8. The summed E-state index contributed by atoms with van der Waals surface area (Å²) in [5.74, 6) is 0. The quantitative estimate of drug-likeness (QED) is 0.465. The topological polar surface area (TPSA) is 6.48 Å². The van der Waals surface area contributed by atoms with Crippen LogP contribution in [0.1, 0.15) is 0 Å². The molecule has 4 aromatic carbocycles. The molecule has 2 nitrogen and oxygen atoms in total. The van der Waals surface area contributed by atoms with Gasteiger partial charge in [-0.3, -0.25) is 0 Å². The van der Waals surface area contributed by atoms with Crippen LogP contribution < -0.4 is 9.80 Å². The molecule has 0 radical (unpaired) electrons. The normalized spacial score (nSPS) is 11.3. The molecule has 0 saturated heterocycles. The van der Waals surface area contributed by atoms with Gasteiger partial charge < -0.3 is 9.80 Å². The average Bonchev–Trinajstić information content (AvgIpc) is 2.59. The van der Waals surface area contributed by atoms with Gasteiger partial charge in [0.25, 0.3) is 0 Å². The lowest BCUT2D eigenvalue weighted by atomic mass is 9.94. The van der Waals surface area contributed by atoms with Crippen LogP contribution >= 0.6 is 0 Å². The van der Waals surface area contributed by atoms with Crippen molar-refractivity contribution in [2.24, 2.45) is 0 Å². The minimum absolute atomic E-state index is 1.26. The van der Waals surface area contributed by atoms with Crippen molar-refractivity contribution in [1.29, 1.82) is 0 Å². The van der Waals surface area contributed by atoms with E-state index in [1.165, 1.54) is 43.7 Å². The van der Waals surface area contributed by atoms with Crippen LogP contribution in [-0.4, -0.2) is 28.2 Å². The van der Waals surface area contributed by atoms with E-state index in [-0.39, 0.29) is 0 Å². The first-order valence-corrected chi connectivity index (χ1v) is 8.30. The second-order valence-electron chi connectivity index (χ2n) is 6.77. The molecule has 0 atom stereocenters. The molecule has 0 bridgehead atoms. The van der Waals surface area contributed by atoms with Crippen LogP contribution in [0.4, 0.5) is 11.4 Å². The fourth-order valence-corrected chi connectivity index (χ4v) is 3.65. The van der Waals surface area contributed by atoms with Crippen LogP contribution in [0.2, 0.25) is 0 Å². The molecule has 0 spiro atoms. The van der Waals surface area contributed by atoms with Crippen LogP contribution in [0.15, 0.2) is 60.7 Å². The molecule has 24 heavy (non-hydrogen) atoms. The summed E-state index contributed by atoms with van der Waals surface area (Å²) in [5, 5.41) is 7.86. The number of anilines is 2. The smallest absolute Gasteiger partial charge is 0.0447 e. The second-order valence-corrected chi connectivity index (χ2v) is 6.77. The van der Waals surface area contributed by atoms with Gasteiger partial charge in [-0.05, 0) is 33.7 Å². The molecule has 0 aromatic heterocycles. The van der Waals surface area contributed by atoms with E-state index < -0.39 is 0 Å². The van der Waals surface area contributed by atoms with Gasteiger partial charge in [-0.2, -0.15) is 0 Å². The van der Waals surface area contributed by atoms with Gasteiger partial charge in [-0.25, -0.2) is 0 Å². The van der Waals surface area contributed by atoms with Gasteiger partial charge in [-0.1, -0.05) is 48.5 Å². The van der Waals surface area contributed by atoms with Crippen molar-refractivity contribution in [3.8, 4) is 0 Å². The first-order chi connectivity index (χ1) is 11.6. The van der Waals surface area contributed by atoms with E-state index in [9.17, 15) is 0 Å². The Hall–Kier alpha value is -2.74. The van der Waals surface area contributed by atoms with Crippen molar-refractivity contribution in [3.63, 3.8) is 0 Å². The zero-order valence-electron chi connectivity index (χ0n) is 14.7. The number of benzene rings is 4. The summed E-state index contributed by atoms with van der Waals surface area (Å²) in [7, 11) is 8.46. The van der Waals surface area contributed by atoms with Crippen molar-refractivity contribution in [3.05, 3.63) is 60.7 Å². The SMILES string of the molecule is CN(C)c1cc2c3ccccc3c(N(C)C)cc2c2ccccc12. The Morgan fingerprint density at radius 3 is 1.12 bits per heavy atom. The highest BCUT2D eigenvalue weighted by atomic mass is 15.1. The maximum Gasteiger partial charge on any atom is 0.0447 e. The van der Waals surface area contributed by atoms with Crippen molar-refractivity contribution in [1.82, 2.24) is 0 Å². The third kappa shape index (κ3) is 2.10. The number of hydrogen-bond acceptors (Lipinski definition) is 2. The summed E-state index contributed by atoms with van der Waals surface area (Å²) in [5.41, 5.74) is 2.53. The molecule has 0 aliphatic rings. The number of hydrogen-bond donors (Lipinski definition) is 0. The number of fused-ring (bicyclic) bond motifs is 5. The summed E-state index contributed by atoms with van der Waals surface area (Å²) in [6.45, 7) is 0. The molecule has 0 amide bonds. The third-order valence-electron chi connectivity index (χ3n) is 4.80. The van der Waals surface area contributed by atoms with Gasteiger partial charge in [0, 0.05) is 50.3 Å². The summed E-state index contributed by atoms with van der Waals surface area (Å²) in [6.07, 6.45) is 0. The average molecular weight is 314 g/mol. The highest BCUT2D eigenvalue weighted by Crippen LogP contribution is 2.40. The van der Waals surface area contributed by atoms with Gasteiger partial charge in [-0.15, -0.1) is 0 Å². The largest absolute Gasteiger partial charge is 0.377 e. The van der Waals surface area contributed by atoms with Crippen LogP contribution in [-0.2, 0) is 0 Å². The van der Waals surface area contributed by atoms with E-state index >= 15 is 0 Å². The van der Waals surface area contributed by atoms with Crippen molar-refractivity contribution >= 4 is 43.7 Å². The van der Waals surface area contributed by atoms with E-state index in [1.54, 1.807) is 0 Å². The van der Waals surface area contributed by atoms with E-state index in [0.717, 1.165) is 0 Å². The van der Waals surface area contributed by atoms with Crippen LogP contribution in [0.3, 0.4) is 0 Å². The van der Waals surface area contributed by atoms with Gasteiger partial charge in [0.1, 0.15) is 0 Å². The summed E-state index contributed by atoms with van der Waals surface area (Å²) < 4.78 is 0. The van der Waals surface area contributed by atoms with Crippen LogP contribution in [0, 0.1) is 0 Å². The number of rotatable bonds is 2. The first-order valence-electron chi connectivity index (χ1n) is 8.30. The predicted octanol–water partition coefficient (Wildman–Crippen LogP) is 5.28. The van der Waals surface area contributed by atoms with E-state index in [0.29, 0.717) is 0 Å². The van der Waals surface area contributed by atoms with Crippen molar-refractivity contribution in [2.75, 3.05) is 38.0 Å². The second kappa shape index (κ2) is 5.41. The Balaban J connectivity index is 2.30. The molecule has 2 heteroatoms. The number of nitrogens with zero attached hydrogens (tertiary/aromatic N) is 2. The highest BCUT2D eigenvalue weighted by molar-refractivity contribution is 6.23. The molecule has 0 fully saturated rings. The Kier molecular flexibility index (Phi) is 3.34. The lowest BCUT2D eigenvalue weighted by Crippen LogP contribution is -2.10. The van der Waals surface area contributed by atoms with Crippen molar-refractivity contribution in [2.45, 2.75) is 0 Å². The van der Waals surface area contributed by atoms with Gasteiger partial charge in [0.05, 0.1) is 0 Å². The Labute approximate surface area is 142 Å². The minimum atomic E-state index is 1.26. The Morgan fingerprint density at radius 1 is 0.458 bits per heavy atom. The van der Waals surface area contributed by atoms with E-state index in [4.69, 9.17) is 0 Å². The standard InChI is InChI=1S/C22H22N2/c1-23(2)21-13-19-16-10-6-8-12-18(16)22(24(3)4)14-20(19)15-9-5-7-11-17(15)21/h5-14H,1-4H3. The van der Waals surface area contributed by atoms with Gasteiger partial charge in [0.15, 0.2) is 0 Å². The third-order valence-corrected chi connectivity index (χ3v) is 4.80. The molecule has 0 saturated carbocycles. The van der Waals surface area contributed by atoms with Crippen LogP contribution in [0.5, 0.6) is 0 Å². The molecule has 0 N–H and O–H groups in total. The molecule has 0 aliphatic heterocycles. The molecule has 120 valence electrons. The predicted molar refractivity (Wildman–Crippen MR) is 108 cm³/mol. The summed E-state index contributed by atoms with van der Waals surface area (Å²) >= 11 is 0. The fraction of sp³-hybridized carbons (Fsp3) is 0.182. The molecule has 4 rings (SSSR count). The molecule has 0 heterocycles. The molecule has 0 unspecified atom stereocenters. The van der Waals surface area contributed by atoms with E-state index in [2.05, 4.69) is 98.7 Å². The molecule has 0 aliphatic carbocycles. The van der Waals surface area contributed by atoms with Gasteiger partial charge in [0.2, 0.25) is 0 Å². The summed E-state index contributed by atoms with van der Waals surface area (Å²) in [4.78, 5) is 4.41. The maximum absolute atomic E-state index is 2.33. The highest BCUT2D eigenvalue weighted by Gasteiger charge is 2.13. The van der Waals surface area contributed by atoms with Gasteiger partial charge >= 0.3 is 0 Å². The van der Waals surface area contributed by atoms with Crippen molar-refractivity contribution < 1.29 is 0 Å². The van der Waals surface area contributed by atoms with Crippen LogP contribution in [0.25, 0.3) is 32.3 Å². The molecular formula is C22H22N2. The minimum Gasteiger partial charge on any atom is -0.377 e. The maximum atomic E-state index is 2.33. The zero-order valence-corrected chi connectivity index (χ0v) is 14.7. The summed E-state index contributed by atoms with van der Waals surface area (Å²) in [6, 6.07) is 22.1. The fourth-order valence-electron chi connectivity index (χ4n) is 3.65. The zero-order chi connectivity index (χ0) is 16.8.